The number of aromatic nitrogens is 2. The minimum Gasteiger partial charge on any atom is -0.376 e. The van der Waals surface area contributed by atoms with Crippen LogP contribution in [0.3, 0.4) is 0 Å². The summed E-state index contributed by atoms with van der Waals surface area (Å²) in [6.07, 6.45) is 3.88. The Morgan fingerprint density at radius 2 is 2.45 bits per heavy atom. The molecule has 5 nitrogen and oxygen atoms in total. The SMILES string of the molecule is CCn1cc(Cl)c(CN(C[C@@H]2CCCO2)C(=O)CCl)n1. The molecule has 0 radical (unpaired) electrons. The van der Waals surface area contributed by atoms with Crippen molar-refractivity contribution in [2.45, 2.75) is 39.0 Å². The summed E-state index contributed by atoms with van der Waals surface area (Å²) in [4.78, 5) is 13.6. The van der Waals surface area contributed by atoms with Crippen molar-refractivity contribution in [1.29, 1.82) is 0 Å². The summed E-state index contributed by atoms with van der Waals surface area (Å²) < 4.78 is 7.33. The van der Waals surface area contributed by atoms with E-state index in [1.807, 2.05) is 6.92 Å². The van der Waals surface area contributed by atoms with Crippen LogP contribution in [0.15, 0.2) is 6.20 Å². The van der Waals surface area contributed by atoms with Crippen LogP contribution in [0.2, 0.25) is 5.02 Å². The Balaban J connectivity index is 2.05. The van der Waals surface area contributed by atoms with E-state index in [-0.39, 0.29) is 17.9 Å². The molecule has 7 heteroatoms. The highest BCUT2D eigenvalue weighted by molar-refractivity contribution is 6.31. The topological polar surface area (TPSA) is 47.4 Å². The predicted molar refractivity (Wildman–Crippen MR) is 78.0 cm³/mol. The van der Waals surface area contributed by atoms with Crippen molar-refractivity contribution in [3.63, 3.8) is 0 Å². The maximum atomic E-state index is 12.0. The molecule has 1 amide bonds. The predicted octanol–water partition coefficient (Wildman–Crippen LogP) is 2.30. The number of aryl methyl sites for hydroxylation is 1. The lowest BCUT2D eigenvalue weighted by molar-refractivity contribution is -0.130. The molecule has 1 atom stereocenters. The average Bonchev–Trinajstić information content (AvgIpc) is 3.07. The molecule has 0 spiro atoms. The zero-order valence-corrected chi connectivity index (χ0v) is 13.0. The Kier molecular flexibility index (Phi) is 5.69. The summed E-state index contributed by atoms with van der Waals surface area (Å²) in [5, 5.41) is 4.94. The average molecular weight is 320 g/mol. The lowest BCUT2D eigenvalue weighted by atomic mass is 10.2. The van der Waals surface area contributed by atoms with Gasteiger partial charge in [0.15, 0.2) is 0 Å². The summed E-state index contributed by atoms with van der Waals surface area (Å²) in [6, 6.07) is 0. The Bertz CT molecular complexity index is 458. The van der Waals surface area contributed by atoms with Gasteiger partial charge in [0.05, 0.1) is 17.7 Å². The second-order valence-electron chi connectivity index (χ2n) is 4.82. The molecule has 1 aliphatic rings. The summed E-state index contributed by atoms with van der Waals surface area (Å²) >= 11 is 11.8. The molecule has 0 aromatic carbocycles. The van der Waals surface area contributed by atoms with Gasteiger partial charge in [-0.1, -0.05) is 11.6 Å². The van der Waals surface area contributed by atoms with Crippen LogP contribution in [-0.4, -0.2) is 45.7 Å². The van der Waals surface area contributed by atoms with E-state index in [0.717, 1.165) is 26.0 Å². The number of hydrogen-bond donors (Lipinski definition) is 0. The normalized spacial score (nSPS) is 18.4. The van der Waals surface area contributed by atoms with Crippen LogP contribution in [0.25, 0.3) is 0 Å². The van der Waals surface area contributed by atoms with E-state index in [1.54, 1.807) is 15.8 Å². The quantitative estimate of drug-likeness (QED) is 0.756. The largest absolute Gasteiger partial charge is 0.376 e. The Hall–Kier alpha value is -0.780. The van der Waals surface area contributed by atoms with Crippen molar-refractivity contribution < 1.29 is 9.53 Å². The van der Waals surface area contributed by atoms with E-state index in [4.69, 9.17) is 27.9 Å². The van der Waals surface area contributed by atoms with Crippen molar-refractivity contribution in [3.8, 4) is 0 Å². The van der Waals surface area contributed by atoms with Gasteiger partial charge in [-0.2, -0.15) is 5.10 Å². The van der Waals surface area contributed by atoms with E-state index >= 15 is 0 Å². The first-order valence-corrected chi connectivity index (χ1v) is 7.72. The highest BCUT2D eigenvalue weighted by Gasteiger charge is 2.23. The molecule has 0 aliphatic carbocycles. The van der Waals surface area contributed by atoms with Gasteiger partial charge in [0.2, 0.25) is 5.91 Å². The van der Waals surface area contributed by atoms with Gasteiger partial charge in [-0.3, -0.25) is 9.48 Å². The van der Waals surface area contributed by atoms with Crippen LogP contribution in [-0.2, 0) is 22.6 Å². The Morgan fingerprint density at radius 1 is 1.65 bits per heavy atom. The molecule has 20 heavy (non-hydrogen) atoms. The molecule has 0 unspecified atom stereocenters. The van der Waals surface area contributed by atoms with Gasteiger partial charge < -0.3 is 9.64 Å². The molecule has 112 valence electrons. The second kappa shape index (κ2) is 7.29. The van der Waals surface area contributed by atoms with Crippen LogP contribution in [0.5, 0.6) is 0 Å². The van der Waals surface area contributed by atoms with E-state index < -0.39 is 0 Å². The Labute approximate surface area is 128 Å². The van der Waals surface area contributed by atoms with Gasteiger partial charge in [-0.25, -0.2) is 0 Å². The summed E-state index contributed by atoms with van der Waals surface area (Å²) in [7, 11) is 0. The molecular weight excluding hydrogens is 301 g/mol. The molecular formula is C13H19Cl2N3O2. The van der Waals surface area contributed by atoms with Crippen molar-refractivity contribution in [2.75, 3.05) is 19.0 Å². The number of alkyl halides is 1. The first-order chi connectivity index (χ1) is 9.63. The third kappa shape index (κ3) is 3.87. The number of ether oxygens (including phenoxy) is 1. The monoisotopic (exact) mass is 319 g/mol. The number of carbonyl (C=O) groups is 1. The minimum atomic E-state index is -0.121. The number of carbonyl (C=O) groups excluding carboxylic acids is 1. The zero-order chi connectivity index (χ0) is 14.5. The fourth-order valence-electron chi connectivity index (χ4n) is 2.26. The van der Waals surface area contributed by atoms with Crippen LogP contribution in [0.4, 0.5) is 0 Å². The van der Waals surface area contributed by atoms with E-state index in [9.17, 15) is 4.79 Å². The highest BCUT2D eigenvalue weighted by Crippen LogP contribution is 2.19. The molecule has 1 aromatic rings. The van der Waals surface area contributed by atoms with Crippen molar-refractivity contribution in [1.82, 2.24) is 14.7 Å². The second-order valence-corrected chi connectivity index (χ2v) is 5.50. The maximum Gasteiger partial charge on any atom is 0.237 e. The maximum absolute atomic E-state index is 12.0. The van der Waals surface area contributed by atoms with Gasteiger partial charge >= 0.3 is 0 Å². The number of nitrogens with zero attached hydrogens (tertiary/aromatic N) is 3. The van der Waals surface area contributed by atoms with Crippen molar-refractivity contribution >= 4 is 29.1 Å². The summed E-state index contributed by atoms with van der Waals surface area (Å²) in [5.74, 6) is -0.164. The molecule has 1 fully saturated rings. The van der Waals surface area contributed by atoms with Crippen molar-refractivity contribution in [2.24, 2.45) is 0 Å². The van der Waals surface area contributed by atoms with Gasteiger partial charge in [0.25, 0.3) is 0 Å². The van der Waals surface area contributed by atoms with Crippen LogP contribution in [0.1, 0.15) is 25.5 Å². The fraction of sp³-hybridized carbons (Fsp3) is 0.692. The van der Waals surface area contributed by atoms with Gasteiger partial charge in [0.1, 0.15) is 11.6 Å². The van der Waals surface area contributed by atoms with Crippen LogP contribution >= 0.6 is 23.2 Å². The smallest absolute Gasteiger partial charge is 0.237 e. The lowest BCUT2D eigenvalue weighted by Crippen LogP contribution is -2.37. The molecule has 0 N–H and O–H groups in total. The fourth-order valence-corrected chi connectivity index (χ4v) is 2.64. The van der Waals surface area contributed by atoms with E-state index in [0.29, 0.717) is 23.8 Å². The number of hydrogen-bond acceptors (Lipinski definition) is 3. The minimum absolute atomic E-state index is 0.0428. The molecule has 0 saturated carbocycles. The lowest BCUT2D eigenvalue weighted by Gasteiger charge is -2.24. The first kappa shape index (κ1) is 15.6. The molecule has 2 heterocycles. The Morgan fingerprint density at radius 3 is 3.00 bits per heavy atom. The standard InChI is InChI=1S/C13H19Cl2N3O2/c1-2-18-8-11(15)12(16-18)9-17(13(19)6-14)7-10-4-3-5-20-10/h8,10H,2-7,9H2,1H3/t10-/m0/s1. The van der Waals surface area contributed by atoms with Gasteiger partial charge in [0, 0.05) is 25.9 Å². The first-order valence-electron chi connectivity index (χ1n) is 6.81. The van der Waals surface area contributed by atoms with E-state index in [2.05, 4.69) is 5.10 Å². The van der Waals surface area contributed by atoms with E-state index in [1.165, 1.54) is 0 Å². The number of rotatable bonds is 6. The zero-order valence-electron chi connectivity index (χ0n) is 11.5. The van der Waals surface area contributed by atoms with Crippen molar-refractivity contribution in [3.05, 3.63) is 16.9 Å². The number of halogens is 2. The molecule has 1 saturated heterocycles. The number of amides is 1. The summed E-state index contributed by atoms with van der Waals surface area (Å²) in [5.41, 5.74) is 0.699. The molecule has 0 bridgehead atoms. The molecule has 2 rings (SSSR count). The third-order valence-corrected chi connectivity index (χ3v) is 3.91. The highest BCUT2D eigenvalue weighted by atomic mass is 35.5. The van der Waals surface area contributed by atoms with Crippen LogP contribution in [0, 0.1) is 0 Å². The third-order valence-electron chi connectivity index (χ3n) is 3.37. The van der Waals surface area contributed by atoms with Gasteiger partial charge in [-0.05, 0) is 19.8 Å². The van der Waals surface area contributed by atoms with Crippen LogP contribution < -0.4 is 0 Å². The summed E-state index contributed by atoms with van der Waals surface area (Å²) in [6.45, 7) is 4.41. The van der Waals surface area contributed by atoms with Gasteiger partial charge in [-0.15, -0.1) is 11.6 Å². The molecule has 1 aromatic heterocycles. The molecule has 1 aliphatic heterocycles.